The summed E-state index contributed by atoms with van der Waals surface area (Å²) in [4.78, 5) is 15.3. The molecule has 26 heavy (non-hydrogen) atoms. The minimum absolute atomic E-state index is 0.101. The molecule has 0 spiro atoms. The molecular formula is C17H25N4O4S+. The van der Waals surface area contributed by atoms with Crippen molar-refractivity contribution in [3.8, 4) is 0 Å². The molecule has 9 heteroatoms. The molecular weight excluding hydrogens is 356 g/mol. The van der Waals surface area contributed by atoms with Gasteiger partial charge >= 0.3 is 0 Å². The molecule has 3 N–H and O–H groups in total. The molecule has 1 aromatic rings. The van der Waals surface area contributed by atoms with Crippen LogP contribution < -0.4 is 15.8 Å². The van der Waals surface area contributed by atoms with Crippen LogP contribution in [-0.4, -0.2) is 57.3 Å². The number of carbonyl (C=O) groups excluding carboxylic acids is 1. The highest BCUT2D eigenvalue weighted by Gasteiger charge is 2.26. The first kappa shape index (κ1) is 18.8. The Morgan fingerprint density at radius 1 is 1.19 bits per heavy atom. The smallest absolute Gasteiger partial charge is 0.266 e. The maximum Gasteiger partial charge on any atom is 0.266 e. The molecule has 0 bridgehead atoms. The summed E-state index contributed by atoms with van der Waals surface area (Å²) in [5.74, 6) is 0.840. The first-order valence-electron chi connectivity index (χ1n) is 8.87. The van der Waals surface area contributed by atoms with Crippen molar-refractivity contribution in [2.24, 2.45) is 0 Å². The number of rotatable bonds is 5. The zero-order chi connectivity index (χ0) is 18.4. The van der Waals surface area contributed by atoms with Crippen molar-refractivity contribution in [3.05, 3.63) is 29.8 Å². The van der Waals surface area contributed by atoms with Gasteiger partial charge in [-0.05, 0) is 30.5 Å². The second-order valence-corrected chi connectivity index (χ2v) is 8.28. The van der Waals surface area contributed by atoms with Gasteiger partial charge in [0.2, 0.25) is 10.0 Å². The van der Waals surface area contributed by atoms with E-state index in [1.165, 1.54) is 4.31 Å². The molecule has 0 aromatic heterocycles. The van der Waals surface area contributed by atoms with Crippen LogP contribution in [0.4, 0.5) is 0 Å². The third-order valence-corrected chi connectivity index (χ3v) is 6.38. The molecule has 8 nitrogen and oxygen atoms in total. The van der Waals surface area contributed by atoms with Crippen LogP contribution in [-0.2, 0) is 26.0 Å². The maximum absolute atomic E-state index is 12.6. The molecule has 1 fully saturated rings. The lowest BCUT2D eigenvalue weighted by molar-refractivity contribution is -0.449. The van der Waals surface area contributed by atoms with E-state index in [-0.39, 0.29) is 10.8 Å². The summed E-state index contributed by atoms with van der Waals surface area (Å²) in [6, 6.07) is 6.74. The topological polar surface area (TPSA) is 102 Å². The quantitative estimate of drug-likeness (QED) is 0.541. The van der Waals surface area contributed by atoms with Crippen LogP contribution >= 0.6 is 0 Å². The number of amides is 1. The van der Waals surface area contributed by atoms with E-state index in [1.54, 1.807) is 24.3 Å². The molecule has 1 amide bonds. The Bertz CT molecular complexity index is 755. The number of hydrogen-bond acceptors (Lipinski definition) is 5. The van der Waals surface area contributed by atoms with Crippen molar-refractivity contribution in [3.63, 3.8) is 0 Å². The summed E-state index contributed by atoms with van der Waals surface area (Å²) in [6.45, 7) is 2.54. The fraction of sp³-hybridized carbons (Fsp3) is 0.529. The number of ether oxygens (including phenoxy) is 1. The number of benzene rings is 1. The lowest BCUT2D eigenvalue weighted by Gasteiger charge is -2.26. The SMILES string of the molecule is O=C(CCc1ccc(S(=O)(=O)N2CCOCC2)cc1)NNC1=[NH+]CCC1. The summed E-state index contributed by atoms with van der Waals surface area (Å²) in [5.41, 5.74) is 6.49. The Hall–Kier alpha value is -1.97. The molecule has 1 aromatic carbocycles. The average Bonchev–Trinajstić information content (AvgIpc) is 3.19. The van der Waals surface area contributed by atoms with E-state index in [1.807, 2.05) is 0 Å². The molecule has 1 saturated heterocycles. The van der Waals surface area contributed by atoms with Gasteiger partial charge in [0.25, 0.3) is 11.7 Å². The van der Waals surface area contributed by atoms with Gasteiger partial charge in [-0.1, -0.05) is 12.1 Å². The Balaban J connectivity index is 1.50. The van der Waals surface area contributed by atoms with E-state index in [2.05, 4.69) is 15.8 Å². The van der Waals surface area contributed by atoms with Crippen LogP contribution in [0, 0.1) is 0 Å². The standard InChI is InChI=1S/C17H24N4O4S/c22-17(20-19-16-2-1-9-18-16)8-5-14-3-6-15(7-4-14)26(23,24)21-10-12-25-13-11-21/h3-4,6-7H,1-2,5,8-13H2,(H,18,19)(H,20,22)/p+1. The van der Waals surface area contributed by atoms with Gasteiger partial charge in [0, 0.05) is 19.5 Å². The van der Waals surface area contributed by atoms with Gasteiger partial charge in [0.15, 0.2) is 0 Å². The van der Waals surface area contributed by atoms with Crippen LogP contribution in [0.2, 0.25) is 0 Å². The van der Waals surface area contributed by atoms with Gasteiger partial charge in [-0.2, -0.15) is 15.2 Å². The van der Waals surface area contributed by atoms with E-state index < -0.39 is 10.0 Å². The normalized spacial score (nSPS) is 18.4. The number of amidine groups is 1. The fourth-order valence-electron chi connectivity index (χ4n) is 2.93. The van der Waals surface area contributed by atoms with Crippen LogP contribution in [0.15, 0.2) is 29.2 Å². The Morgan fingerprint density at radius 2 is 1.92 bits per heavy atom. The van der Waals surface area contributed by atoms with E-state index in [0.717, 1.165) is 30.8 Å². The van der Waals surface area contributed by atoms with Gasteiger partial charge in [-0.15, -0.1) is 0 Å². The zero-order valence-electron chi connectivity index (χ0n) is 14.7. The maximum atomic E-state index is 12.6. The number of nitrogens with one attached hydrogen (secondary N) is 3. The number of aryl methyl sites for hydroxylation is 1. The van der Waals surface area contributed by atoms with Gasteiger partial charge in [0.1, 0.15) is 0 Å². The predicted octanol–water partition coefficient (Wildman–Crippen LogP) is -1.47. The van der Waals surface area contributed by atoms with Crippen molar-refractivity contribution >= 4 is 21.8 Å². The van der Waals surface area contributed by atoms with Crippen LogP contribution in [0.5, 0.6) is 0 Å². The number of sulfonamides is 1. The highest BCUT2D eigenvalue weighted by Crippen LogP contribution is 2.18. The number of carbonyl (C=O) groups is 1. The molecule has 142 valence electrons. The second kappa shape index (κ2) is 8.61. The summed E-state index contributed by atoms with van der Waals surface area (Å²) < 4.78 is 31.8. The first-order valence-corrected chi connectivity index (χ1v) is 10.3. The summed E-state index contributed by atoms with van der Waals surface area (Å²) >= 11 is 0. The summed E-state index contributed by atoms with van der Waals surface area (Å²) in [6.07, 6.45) is 2.86. The van der Waals surface area contributed by atoms with Crippen molar-refractivity contribution in [1.82, 2.24) is 15.2 Å². The highest BCUT2D eigenvalue weighted by molar-refractivity contribution is 7.89. The Kier molecular flexibility index (Phi) is 6.23. The van der Waals surface area contributed by atoms with Gasteiger partial charge < -0.3 is 4.74 Å². The predicted molar refractivity (Wildman–Crippen MR) is 95.7 cm³/mol. The monoisotopic (exact) mass is 381 g/mol. The van der Waals surface area contributed by atoms with Gasteiger partial charge in [-0.3, -0.25) is 9.79 Å². The van der Waals surface area contributed by atoms with Crippen molar-refractivity contribution in [2.75, 3.05) is 32.8 Å². The largest absolute Gasteiger partial charge is 0.379 e. The highest BCUT2D eigenvalue weighted by atomic mass is 32.2. The van der Waals surface area contributed by atoms with E-state index in [9.17, 15) is 13.2 Å². The fourth-order valence-corrected chi connectivity index (χ4v) is 4.34. The third kappa shape index (κ3) is 4.80. The molecule has 2 heterocycles. The molecule has 0 aliphatic carbocycles. The Morgan fingerprint density at radius 3 is 2.58 bits per heavy atom. The van der Waals surface area contributed by atoms with Crippen molar-refractivity contribution < 1.29 is 22.9 Å². The number of hydrazine groups is 1. The van der Waals surface area contributed by atoms with E-state index in [4.69, 9.17) is 4.74 Å². The van der Waals surface area contributed by atoms with Gasteiger partial charge in [0.05, 0.1) is 31.1 Å². The third-order valence-electron chi connectivity index (χ3n) is 4.47. The second-order valence-electron chi connectivity index (χ2n) is 6.34. The van der Waals surface area contributed by atoms with Gasteiger partial charge in [-0.25, -0.2) is 8.42 Å². The molecule has 2 aliphatic rings. The lowest BCUT2D eigenvalue weighted by Crippen LogP contribution is -2.73. The van der Waals surface area contributed by atoms with Crippen LogP contribution in [0.25, 0.3) is 0 Å². The molecule has 0 atom stereocenters. The summed E-state index contributed by atoms with van der Waals surface area (Å²) in [7, 11) is -3.47. The van der Waals surface area contributed by atoms with Crippen molar-refractivity contribution in [1.29, 1.82) is 0 Å². The molecule has 3 rings (SSSR count). The minimum Gasteiger partial charge on any atom is -0.379 e. The minimum atomic E-state index is -3.47. The molecule has 2 aliphatic heterocycles. The number of nitrogens with zero attached hydrogens (tertiary/aromatic N) is 1. The Labute approximate surface area is 153 Å². The number of hydrogen-bond donors (Lipinski definition) is 3. The van der Waals surface area contributed by atoms with Crippen molar-refractivity contribution in [2.45, 2.75) is 30.6 Å². The van der Waals surface area contributed by atoms with Crippen LogP contribution in [0.3, 0.4) is 0 Å². The first-order chi connectivity index (χ1) is 12.6. The average molecular weight is 381 g/mol. The van der Waals surface area contributed by atoms with E-state index >= 15 is 0 Å². The molecule has 0 radical (unpaired) electrons. The molecule has 0 unspecified atom stereocenters. The zero-order valence-corrected chi connectivity index (χ0v) is 15.5. The number of morpholine rings is 1. The van der Waals surface area contributed by atoms with E-state index in [0.29, 0.717) is 39.1 Å². The molecule has 0 saturated carbocycles. The van der Waals surface area contributed by atoms with Crippen LogP contribution in [0.1, 0.15) is 24.8 Å². The lowest BCUT2D eigenvalue weighted by atomic mass is 10.1. The summed E-state index contributed by atoms with van der Waals surface area (Å²) in [5, 5.41) is 0.